The number of benzene rings is 1. The largest absolute Gasteiger partial charge is 0.480 e. The molecule has 1 N–H and O–H groups in total. The Morgan fingerprint density at radius 3 is 2.86 bits per heavy atom. The van der Waals surface area contributed by atoms with Crippen LogP contribution in [0.15, 0.2) is 57.0 Å². The van der Waals surface area contributed by atoms with E-state index in [1.165, 1.54) is 0 Å². The number of carboxylic acid groups (broad SMARTS) is 1. The highest BCUT2D eigenvalue weighted by molar-refractivity contribution is 8.04. The fourth-order valence-electron chi connectivity index (χ4n) is 2.10. The summed E-state index contributed by atoms with van der Waals surface area (Å²) in [5.41, 5.74) is 0.642. The number of para-hydroxylation sites is 1. The van der Waals surface area contributed by atoms with Crippen molar-refractivity contribution in [3.8, 4) is 0 Å². The van der Waals surface area contributed by atoms with Gasteiger partial charge in [0.2, 0.25) is 0 Å². The SMILES string of the molecule is CC(C)(OC1=CC=C2Sc3ccccc3N=C2C1)C(=O)O. The van der Waals surface area contributed by atoms with Crippen LogP contribution in [0.5, 0.6) is 0 Å². The van der Waals surface area contributed by atoms with Crippen LogP contribution in [0, 0.1) is 0 Å². The summed E-state index contributed by atoms with van der Waals surface area (Å²) in [7, 11) is 0. The summed E-state index contributed by atoms with van der Waals surface area (Å²) >= 11 is 1.68. The first-order valence-corrected chi connectivity index (χ1v) is 7.45. The van der Waals surface area contributed by atoms with E-state index in [-0.39, 0.29) is 0 Å². The lowest BCUT2D eigenvalue weighted by molar-refractivity contribution is -0.156. The van der Waals surface area contributed by atoms with Crippen LogP contribution in [-0.2, 0) is 9.53 Å². The van der Waals surface area contributed by atoms with Crippen LogP contribution >= 0.6 is 11.8 Å². The first-order valence-electron chi connectivity index (χ1n) is 6.64. The van der Waals surface area contributed by atoms with Crippen molar-refractivity contribution in [2.75, 3.05) is 0 Å². The van der Waals surface area contributed by atoms with Gasteiger partial charge in [-0.15, -0.1) is 0 Å². The lowest BCUT2D eigenvalue weighted by atomic mass is 10.1. The van der Waals surface area contributed by atoms with Gasteiger partial charge in [-0.1, -0.05) is 23.9 Å². The number of ether oxygens (including phenoxy) is 1. The summed E-state index contributed by atoms with van der Waals surface area (Å²) in [5, 5.41) is 9.13. The maximum atomic E-state index is 11.1. The standard InChI is InChI=1S/C16H15NO3S/c1-16(2,15(18)19)20-10-7-8-14-12(9-10)17-11-5-3-4-6-13(11)21-14/h3-8H,9H2,1-2H3,(H,18,19). The predicted molar refractivity (Wildman–Crippen MR) is 83.0 cm³/mol. The van der Waals surface area contributed by atoms with Crippen molar-refractivity contribution in [1.82, 2.24) is 0 Å². The number of nitrogens with zero attached hydrogens (tertiary/aromatic N) is 1. The van der Waals surface area contributed by atoms with Gasteiger partial charge in [-0.25, -0.2) is 4.79 Å². The second kappa shape index (κ2) is 5.07. The van der Waals surface area contributed by atoms with Gasteiger partial charge in [0, 0.05) is 16.2 Å². The molecule has 1 heterocycles. The molecule has 1 aliphatic carbocycles. The van der Waals surface area contributed by atoms with Gasteiger partial charge in [-0.3, -0.25) is 4.99 Å². The smallest absolute Gasteiger partial charge is 0.347 e. The molecule has 0 spiro atoms. The molecule has 0 bridgehead atoms. The van der Waals surface area contributed by atoms with Gasteiger partial charge in [-0.05, 0) is 38.1 Å². The summed E-state index contributed by atoms with van der Waals surface area (Å²) in [4.78, 5) is 18.0. The molecule has 0 unspecified atom stereocenters. The van der Waals surface area contributed by atoms with Crippen molar-refractivity contribution in [3.63, 3.8) is 0 Å². The fraction of sp³-hybridized carbons (Fsp3) is 0.250. The van der Waals surface area contributed by atoms with E-state index in [0.29, 0.717) is 12.2 Å². The average molecular weight is 301 g/mol. The summed E-state index contributed by atoms with van der Waals surface area (Å²) in [6.45, 7) is 3.09. The number of rotatable bonds is 3. The second-order valence-corrected chi connectivity index (χ2v) is 6.47. The lowest BCUT2D eigenvalue weighted by Crippen LogP contribution is -2.35. The van der Waals surface area contributed by atoms with Crippen LogP contribution in [0.4, 0.5) is 5.69 Å². The predicted octanol–water partition coefficient (Wildman–Crippen LogP) is 3.92. The number of thioether (sulfide) groups is 1. The van der Waals surface area contributed by atoms with Gasteiger partial charge in [0.15, 0.2) is 5.60 Å². The zero-order chi connectivity index (χ0) is 15.0. The van der Waals surface area contributed by atoms with E-state index in [4.69, 9.17) is 9.84 Å². The third-order valence-electron chi connectivity index (χ3n) is 3.29. The molecule has 0 amide bonds. The lowest BCUT2D eigenvalue weighted by Gasteiger charge is -2.27. The van der Waals surface area contributed by atoms with Gasteiger partial charge in [0.1, 0.15) is 5.76 Å². The molecule has 1 aromatic carbocycles. The van der Waals surface area contributed by atoms with Crippen molar-refractivity contribution >= 4 is 29.1 Å². The maximum absolute atomic E-state index is 11.1. The average Bonchev–Trinajstić information content (AvgIpc) is 2.44. The number of aliphatic carboxylic acids is 1. The number of carbonyl (C=O) groups is 1. The molecule has 1 aromatic rings. The number of allylic oxidation sites excluding steroid dienone is 4. The Hall–Kier alpha value is -2.01. The van der Waals surface area contributed by atoms with Crippen molar-refractivity contribution in [1.29, 1.82) is 0 Å². The summed E-state index contributed by atoms with van der Waals surface area (Å²) in [6, 6.07) is 7.98. The molecule has 0 saturated heterocycles. The minimum absolute atomic E-state index is 0.518. The van der Waals surface area contributed by atoms with E-state index in [0.717, 1.165) is 21.2 Å². The van der Waals surface area contributed by atoms with Crippen LogP contribution in [0.3, 0.4) is 0 Å². The number of hydrogen-bond acceptors (Lipinski definition) is 4. The molecule has 5 heteroatoms. The molecule has 4 nitrogen and oxygen atoms in total. The van der Waals surface area contributed by atoms with Gasteiger partial charge in [-0.2, -0.15) is 0 Å². The Balaban J connectivity index is 1.86. The zero-order valence-corrected chi connectivity index (χ0v) is 12.6. The molecular formula is C16H15NO3S. The third kappa shape index (κ3) is 2.74. The Morgan fingerprint density at radius 1 is 1.33 bits per heavy atom. The molecule has 1 aliphatic heterocycles. The van der Waals surface area contributed by atoms with Gasteiger partial charge in [0.05, 0.1) is 11.4 Å². The Morgan fingerprint density at radius 2 is 2.10 bits per heavy atom. The number of carboxylic acids is 1. The molecule has 21 heavy (non-hydrogen) atoms. The van der Waals surface area contributed by atoms with Gasteiger partial charge >= 0.3 is 5.97 Å². The molecule has 0 radical (unpaired) electrons. The molecule has 3 rings (SSSR count). The second-order valence-electron chi connectivity index (χ2n) is 5.39. The highest BCUT2D eigenvalue weighted by Gasteiger charge is 2.31. The van der Waals surface area contributed by atoms with Crippen molar-refractivity contribution < 1.29 is 14.6 Å². The van der Waals surface area contributed by atoms with E-state index in [1.54, 1.807) is 25.6 Å². The quantitative estimate of drug-likeness (QED) is 0.919. The highest BCUT2D eigenvalue weighted by Crippen LogP contribution is 2.42. The normalized spacial score (nSPS) is 17.0. The molecule has 0 fully saturated rings. The van der Waals surface area contributed by atoms with Crippen LogP contribution < -0.4 is 0 Å². The van der Waals surface area contributed by atoms with Crippen LogP contribution in [0.2, 0.25) is 0 Å². The number of aliphatic imine (C=N–C) groups is 1. The van der Waals surface area contributed by atoms with E-state index >= 15 is 0 Å². The first-order chi connectivity index (χ1) is 9.95. The zero-order valence-electron chi connectivity index (χ0n) is 11.8. The molecule has 2 aliphatic rings. The Labute approximate surface area is 127 Å². The van der Waals surface area contributed by atoms with Crippen molar-refractivity contribution in [2.45, 2.75) is 30.8 Å². The van der Waals surface area contributed by atoms with Crippen LogP contribution in [0.1, 0.15) is 20.3 Å². The maximum Gasteiger partial charge on any atom is 0.347 e. The minimum atomic E-state index is -1.24. The molecule has 0 atom stereocenters. The molecular weight excluding hydrogens is 286 g/mol. The third-order valence-corrected chi connectivity index (χ3v) is 4.45. The fourth-order valence-corrected chi connectivity index (χ4v) is 3.08. The van der Waals surface area contributed by atoms with Gasteiger partial charge in [0.25, 0.3) is 0 Å². The summed E-state index contributed by atoms with van der Waals surface area (Å²) in [5.74, 6) is -0.353. The summed E-state index contributed by atoms with van der Waals surface area (Å²) in [6.07, 6.45) is 4.29. The molecule has 108 valence electrons. The Bertz CT molecular complexity index is 701. The molecule has 0 saturated carbocycles. The van der Waals surface area contributed by atoms with E-state index in [9.17, 15) is 4.79 Å². The molecule has 0 aromatic heterocycles. The van der Waals surface area contributed by atoms with Crippen LogP contribution in [-0.4, -0.2) is 22.4 Å². The Kier molecular flexibility index (Phi) is 3.37. The van der Waals surface area contributed by atoms with Crippen molar-refractivity contribution in [2.24, 2.45) is 4.99 Å². The topological polar surface area (TPSA) is 58.9 Å². The first kappa shape index (κ1) is 13.9. The van der Waals surface area contributed by atoms with E-state index in [2.05, 4.69) is 4.99 Å². The minimum Gasteiger partial charge on any atom is -0.480 e. The van der Waals surface area contributed by atoms with E-state index in [1.807, 2.05) is 36.4 Å². The van der Waals surface area contributed by atoms with Crippen molar-refractivity contribution in [3.05, 3.63) is 47.1 Å². The monoisotopic (exact) mass is 301 g/mol. The summed E-state index contributed by atoms with van der Waals surface area (Å²) < 4.78 is 5.60. The number of hydrogen-bond donors (Lipinski definition) is 1. The highest BCUT2D eigenvalue weighted by atomic mass is 32.2. The van der Waals surface area contributed by atoms with E-state index < -0.39 is 11.6 Å². The van der Waals surface area contributed by atoms with Gasteiger partial charge < -0.3 is 9.84 Å². The number of fused-ring (bicyclic) bond motifs is 2. The van der Waals surface area contributed by atoms with Crippen LogP contribution in [0.25, 0.3) is 0 Å².